The Morgan fingerprint density at radius 2 is 0.688 bits per heavy atom. The lowest BCUT2D eigenvalue weighted by molar-refractivity contribution is -0.144. The number of hydrogen-bond donors (Lipinski definition) is 0. The van der Waals surface area contributed by atoms with Gasteiger partial charge in [-0.3, -0.25) is 13.8 Å². The lowest BCUT2D eigenvalue weighted by Crippen LogP contribution is -2.15. The van der Waals surface area contributed by atoms with Gasteiger partial charge in [0.15, 0.2) is 0 Å². The second-order valence-corrected chi connectivity index (χ2v) is 15.4. The molecule has 0 radical (unpaired) electrons. The molecule has 0 N–H and O–H groups in total. The summed E-state index contributed by atoms with van der Waals surface area (Å²) in [5.74, 6) is -0.0969. The van der Waals surface area contributed by atoms with Crippen molar-refractivity contribution in [1.29, 1.82) is 0 Å². The van der Waals surface area contributed by atoms with Crippen LogP contribution in [0.3, 0.4) is 0 Å². The second-order valence-electron chi connectivity index (χ2n) is 13.7. The molecular formula is C42H78O5S. The summed E-state index contributed by atoms with van der Waals surface area (Å²) >= 11 is 0. The summed E-state index contributed by atoms with van der Waals surface area (Å²) < 4.78 is 22.8. The molecule has 0 aliphatic heterocycles. The Labute approximate surface area is 300 Å². The number of hydrogen-bond acceptors (Lipinski definition) is 5. The van der Waals surface area contributed by atoms with Crippen molar-refractivity contribution in [2.75, 3.05) is 24.7 Å². The Morgan fingerprint density at radius 3 is 1.00 bits per heavy atom. The third-order valence-corrected chi connectivity index (χ3v) is 10.2. The molecule has 0 bridgehead atoms. The molecule has 0 unspecified atom stereocenters. The molecule has 0 atom stereocenters. The number of ether oxygens (including phenoxy) is 2. The van der Waals surface area contributed by atoms with Crippen LogP contribution in [-0.2, 0) is 29.9 Å². The van der Waals surface area contributed by atoms with Crippen LogP contribution in [0.15, 0.2) is 24.3 Å². The largest absolute Gasteiger partial charge is 0.466 e. The van der Waals surface area contributed by atoms with Crippen molar-refractivity contribution in [1.82, 2.24) is 0 Å². The van der Waals surface area contributed by atoms with Gasteiger partial charge in [0.2, 0.25) is 0 Å². The zero-order valence-corrected chi connectivity index (χ0v) is 32.6. The molecule has 0 fully saturated rings. The van der Waals surface area contributed by atoms with E-state index in [1.807, 2.05) is 0 Å². The first-order valence-electron chi connectivity index (χ1n) is 20.6. The number of rotatable bonds is 38. The van der Waals surface area contributed by atoms with Gasteiger partial charge in [-0.15, -0.1) is 0 Å². The van der Waals surface area contributed by atoms with Crippen molar-refractivity contribution < 1.29 is 23.3 Å². The molecule has 0 aromatic carbocycles. The highest BCUT2D eigenvalue weighted by molar-refractivity contribution is 7.85. The molecule has 5 nitrogen and oxygen atoms in total. The number of unbranched alkanes of at least 4 members (excludes halogenated alkanes) is 24. The maximum Gasteiger partial charge on any atom is 0.306 e. The lowest BCUT2D eigenvalue weighted by Gasteiger charge is -2.06. The Balaban J connectivity index is 3.42. The van der Waals surface area contributed by atoms with E-state index < -0.39 is 10.8 Å². The average Bonchev–Trinajstić information content (AvgIpc) is 3.09. The molecular weight excluding hydrogens is 617 g/mol. The fourth-order valence-corrected chi connectivity index (χ4v) is 6.70. The van der Waals surface area contributed by atoms with Gasteiger partial charge < -0.3 is 9.47 Å². The Morgan fingerprint density at radius 1 is 0.417 bits per heavy atom. The van der Waals surface area contributed by atoms with Crippen molar-refractivity contribution in [3.8, 4) is 0 Å². The SMILES string of the molecule is CCCCCCCCC=CCCCCCCCCOC(=O)CCS(=O)CCC(=O)OCCCCCCCCC=CCCCCCCCC. The normalized spacial score (nSPS) is 12.3. The van der Waals surface area contributed by atoms with Crippen molar-refractivity contribution in [2.45, 2.75) is 206 Å². The highest BCUT2D eigenvalue weighted by Gasteiger charge is 2.10. The van der Waals surface area contributed by atoms with Crippen LogP contribution in [0, 0.1) is 0 Å². The molecule has 0 heterocycles. The molecule has 0 aromatic rings. The van der Waals surface area contributed by atoms with E-state index in [0.29, 0.717) is 13.2 Å². The van der Waals surface area contributed by atoms with Crippen LogP contribution in [0.1, 0.15) is 206 Å². The smallest absolute Gasteiger partial charge is 0.306 e. The zero-order chi connectivity index (χ0) is 35.0. The number of esters is 2. The Bertz CT molecular complexity index is 716. The first-order valence-corrected chi connectivity index (χ1v) is 22.0. The predicted octanol–water partition coefficient (Wildman–Crippen LogP) is 12.7. The van der Waals surface area contributed by atoms with Gasteiger partial charge in [-0.25, -0.2) is 0 Å². The molecule has 0 rings (SSSR count). The minimum Gasteiger partial charge on any atom is -0.466 e. The van der Waals surface area contributed by atoms with E-state index in [1.165, 1.54) is 154 Å². The van der Waals surface area contributed by atoms with Crippen molar-refractivity contribution in [2.24, 2.45) is 0 Å². The average molecular weight is 695 g/mol. The zero-order valence-electron chi connectivity index (χ0n) is 31.8. The van der Waals surface area contributed by atoms with Crippen LogP contribution in [0.2, 0.25) is 0 Å². The molecule has 0 spiro atoms. The third-order valence-electron chi connectivity index (χ3n) is 8.91. The maximum absolute atomic E-state index is 12.2. The summed E-state index contributed by atoms with van der Waals surface area (Å²) in [6, 6.07) is 0. The fraction of sp³-hybridized carbons (Fsp3) is 0.857. The van der Waals surface area contributed by atoms with E-state index in [2.05, 4.69) is 38.2 Å². The van der Waals surface area contributed by atoms with Crippen molar-refractivity contribution in [3.05, 3.63) is 24.3 Å². The monoisotopic (exact) mass is 695 g/mol. The highest BCUT2D eigenvalue weighted by atomic mass is 32.2. The van der Waals surface area contributed by atoms with E-state index in [4.69, 9.17) is 9.47 Å². The summed E-state index contributed by atoms with van der Waals surface area (Å²) in [5, 5.41) is 0. The van der Waals surface area contributed by atoms with E-state index in [0.717, 1.165) is 25.7 Å². The minimum atomic E-state index is -1.21. The molecule has 0 saturated heterocycles. The van der Waals surface area contributed by atoms with Gasteiger partial charge in [0, 0.05) is 22.3 Å². The maximum atomic E-state index is 12.2. The van der Waals surface area contributed by atoms with Gasteiger partial charge in [-0.2, -0.15) is 0 Å². The quantitative estimate of drug-likeness (QED) is 0.0365. The van der Waals surface area contributed by atoms with Crippen LogP contribution in [0.5, 0.6) is 0 Å². The van der Waals surface area contributed by atoms with E-state index in [-0.39, 0.29) is 36.3 Å². The predicted molar refractivity (Wildman–Crippen MR) is 208 cm³/mol. The molecule has 0 saturated carbocycles. The summed E-state index contributed by atoms with van der Waals surface area (Å²) in [6.45, 7) is 5.41. The molecule has 48 heavy (non-hydrogen) atoms. The summed E-state index contributed by atoms with van der Waals surface area (Å²) in [6.07, 6.45) is 44.7. The van der Waals surface area contributed by atoms with Crippen LogP contribution >= 0.6 is 0 Å². The van der Waals surface area contributed by atoms with Crippen molar-refractivity contribution >= 4 is 22.7 Å². The molecule has 6 heteroatoms. The molecule has 0 aliphatic rings. The van der Waals surface area contributed by atoms with Crippen LogP contribution in [0.4, 0.5) is 0 Å². The van der Waals surface area contributed by atoms with Gasteiger partial charge in [0.1, 0.15) is 0 Å². The Hall–Kier alpha value is -1.43. The first-order chi connectivity index (χ1) is 23.6. The Kier molecular flexibility index (Phi) is 38.8. The number of allylic oxidation sites excluding steroid dienone is 4. The fourth-order valence-electron chi connectivity index (χ4n) is 5.71. The van der Waals surface area contributed by atoms with Crippen LogP contribution in [-0.4, -0.2) is 40.9 Å². The van der Waals surface area contributed by atoms with Gasteiger partial charge in [0.25, 0.3) is 0 Å². The van der Waals surface area contributed by atoms with Gasteiger partial charge in [-0.05, 0) is 64.2 Å². The summed E-state index contributed by atoms with van der Waals surface area (Å²) in [4.78, 5) is 23.9. The molecule has 0 amide bonds. The van der Waals surface area contributed by atoms with Gasteiger partial charge in [0.05, 0.1) is 26.1 Å². The topological polar surface area (TPSA) is 69.7 Å². The number of carbonyl (C=O) groups is 2. The highest BCUT2D eigenvalue weighted by Crippen LogP contribution is 2.12. The van der Waals surface area contributed by atoms with Gasteiger partial charge >= 0.3 is 11.9 Å². The summed E-state index contributed by atoms with van der Waals surface area (Å²) in [7, 11) is -1.21. The van der Waals surface area contributed by atoms with E-state index in [1.54, 1.807) is 0 Å². The molecule has 0 aromatic heterocycles. The van der Waals surface area contributed by atoms with Crippen LogP contribution < -0.4 is 0 Å². The van der Waals surface area contributed by atoms with Crippen LogP contribution in [0.25, 0.3) is 0 Å². The third kappa shape index (κ3) is 39.0. The molecule has 282 valence electrons. The first kappa shape index (κ1) is 46.6. The standard InChI is InChI=1S/C42H78O5S/c1-3-5-7-9-11-13-15-17-19-21-23-25-27-29-31-33-37-46-41(43)35-39-48(45)40-36-42(44)47-38-34-32-30-28-26-24-22-20-18-16-14-12-10-8-6-4-2/h17-20H,3-16,21-40H2,1-2H3. The van der Waals surface area contributed by atoms with E-state index in [9.17, 15) is 13.8 Å². The lowest BCUT2D eigenvalue weighted by atomic mass is 10.1. The molecule has 0 aliphatic carbocycles. The second kappa shape index (κ2) is 40.0. The van der Waals surface area contributed by atoms with Crippen molar-refractivity contribution in [3.63, 3.8) is 0 Å². The van der Waals surface area contributed by atoms with E-state index >= 15 is 0 Å². The van der Waals surface area contributed by atoms with Gasteiger partial charge in [-0.1, -0.05) is 154 Å². The minimum absolute atomic E-state index is 0.142. The number of carbonyl (C=O) groups excluding carboxylic acids is 2. The summed E-state index contributed by atoms with van der Waals surface area (Å²) in [5.41, 5.74) is 0.